The number of hydrogen-bond donors (Lipinski definition) is 4. The van der Waals surface area contributed by atoms with Gasteiger partial charge in [-0.15, -0.1) is 0 Å². The van der Waals surface area contributed by atoms with Crippen LogP contribution in [-0.2, 0) is 0 Å². The van der Waals surface area contributed by atoms with Crippen molar-refractivity contribution in [2.24, 2.45) is 10.4 Å². The van der Waals surface area contributed by atoms with Crippen molar-refractivity contribution in [2.75, 3.05) is 38.1 Å². The van der Waals surface area contributed by atoms with Gasteiger partial charge in [0.2, 0.25) is 0 Å². The Hall–Kier alpha value is -2.34. The van der Waals surface area contributed by atoms with Crippen LogP contribution in [0.4, 0.5) is 5.82 Å². The van der Waals surface area contributed by atoms with Crippen molar-refractivity contribution in [1.82, 2.24) is 15.6 Å². The molecule has 6 nitrogen and oxygen atoms in total. The van der Waals surface area contributed by atoms with Crippen LogP contribution in [0.25, 0.3) is 10.9 Å². The van der Waals surface area contributed by atoms with E-state index in [0.717, 1.165) is 68.1 Å². The highest BCUT2D eigenvalue weighted by molar-refractivity contribution is 5.80. The van der Waals surface area contributed by atoms with Crippen LogP contribution in [0, 0.1) is 5.41 Å². The molecule has 0 amide bonds. The fourth-order valence-electron chi connectivity index (χ4n) is 3.27. The van der Waals surface area contributed by atoms with Crippen molar-refractivity contribution in [3.63, 3.8) is 0 Å². The van der Waals surface area contributed by atoms with Crippen LogP contribution in [0.2, 0.25) is 0 Å². The molecule has 4 N–H and O–H groups in total. The molecule has 0 aliphatic carbocycles. The predicted octanol–water partition coefficient (Wildman–Crippen LogP) is 3.39. The van der Waals surface area contributed by atoms with Crippen LogP contribution < -0.4 is 16.0 Å². The Balaban J connectivity index is 1.87. The van der Waals surface area contributed by atoms with Crippen molar-refractivity contribution in [3.05, 3.63) is 36.4 Å². The molecular formula is C22H35N5O. The molecule has 0 aliphatic rings. The number of aliphatic hydroxyl groups excluding tert-OH is 1. The minimum Gasteiger partial charge on any atom is -0.396 e. The number of para-hydroxylation sites is 1. The molecule has 154 valence electrons. The summed E-state index contributed by atoms with van der Waals surface area (Å²) in [6.07, 6.45) is 2.82. The highest BCUT2D eigenvalue weighted by Crippen LogP contribution is 2.30. The number of benzene rings is 1. The maximum absolute atomic E-state index is 9.39. The molecule has 2 rings (SSSR count). The summed E-state index contributed by atoms with van der Waals surface area (Å²) in [6.45, 7) is 9.65. The standard InChI is InChI=1S/C22H35N5O/c1-4-22(5-2,13-16-28)17-26-21(23-6-3)25-15-14-24-20-12-11-18-9-7-8-10-19(18)27-20/h7-12,28H,4-6,13-17H2,1-3H3,(H,24,27)(H2,23,25,26). The third-order valence-electron chi connectivity index (χ3n) is 5.38. The van der Waals surface area contributed by atoms with Crippen molar-refractivity contribution < 1.29 is 5.11 Å². The van der Waals surface area contributed by atoms with Crippen LogP contribution in [0.5, 0.6) is 0 Å². The third-order valence-corrected chi connectivity index (χ3v) is 5.38. The Bertz CT molecular complexity index is 743. The second-order valence-electron chi connectivity index (χ2n) is 7.12. The molecule has 0 radical (unpaired) electrons. The molecule has 0 bridgehead atoms. The molecule has 1 heterocycles. The average Bonchev–Trinajstić information content (AvgIpc) is 2.74. The van der Waals surface area contributed by atoms with Gasteiger partial charge in [-0.05, 0) is 49.8 Å². The number of guanidine groups is 1. The van der Waals surface area contributed by atoms with E-state index < -0.39 is 0 Å². The van der Waals surface area contributed by atoms with E-state index >= 15 is 0 Å². The minimum absolute atomic E-state index is 0.0738. The molecular weight excluding hydrogens is 350 g/mol. The third kappa shape index (κ3) is 6.37. The van der Waals surface area contributed by atoms with Gasteiger partial charge in [-0.2, -0.15) is 0 Å². The highest BCUT2D eigenvalue weighted by atomic mass is 16.3. The molecule has 1 aromatic heterocycles. The molecule has 0 saturated carbocycles. The number of aliphatic imine (C=N–C) groups is 1. The Morgan fingerprint density at radius 3 is 2.54 bits per heavy atom. The maximum atomic E-state index is 9.39. The summed E-state index contributed by atoms with van der Waals surface area (Å²) in [6, 6.07) is 12.2. The van der Waals surface area contributed by atoms with Crippen LogP contribution >= 0.6 is 0 Å². The van der Waals surface area contributed by atoms with E-state index in [1.807, 2.05) is 24.3 Å². The number of pyridine rings is 1. The summed E-state index contributed by atoms with van der Waals surface area (Å²) >= 11 is 0. The van der Waals surface area contributed by atoms with Crippen molar-refractivity contribution in [2.45, 2.75) is 40.0 Å². The van der Waals surface area contributed by atoms with Crippen molar-refractivity contribution >= 4 is 22.7 Å². The number of nitrogens with zero attached hydrogens (tertiary/aromatic N) is 2. The number of aliphatic hydroxyl groups is 1. The number of nitrogens with one attached hydrogen (secondary N) is 3. The average molecular weight is 386 g/mol. The summed E-state index contributed by atoms with van der Waals surface area (Å²) in [5, 5.41) is 20.6. The van der Waals surface area contributed by atoms with E-state index in [-0.39, 0.29) is 12.0 Å². The molecule has 0 saturated heterocycles. The topological polar surface area (TPSA) is 81.6 Å². The lowest BCUT2D eigenvalue weighted by atomic mass is 9.79. The van der Waals surface area contributed by atoms with Gasteiger partial charge in [-0.3, -0.25) is 4.99 Å². The second kappa shape index (κ2) is 11.5. The fraction of sp³-hybridized carbons (Fsp3) is 0.545. The lowest BCUT2D eigenvalue weighted by Crippen LogP contribution is -2.40. The normalized spacial score (nSPS) is 12.2. The number of rotatable bonds is 11. The van der Waals surface area contributed by atoms with E-state index in [0.29, 0.717) is 0 Å². The summed E-state index contributed by atoms with van der Waals surface area (Å²) < 4.78 is 0. The zero-order valence-corrected chi connectivity index (χ0v) is 17.5. The molecule has 0 fully saturated rings. The molecule has 2 aromatic rings. The lowest BCUT2D eigenvalue weighted by Gasteiger charge is -2.29. The molecule has 0 atom stereocenters. The summed E-state index contributed by atoms with van der Waals surface area (Å²) in [4.78, 5) is 9.40. The molecule has 0 aliphatic heterocycles. The van der Waals surface area contributed by atoms with E-state index in [1.54, 1.807) is 0 Å². The molecule has 28 heavy (non-hydrogen) atoms. The first-order valence-electron chi connectivity index (χ1n) is 10.4. The Morgan fingerprint density at radius 1 is 1.04 bits per heavy atom. The van der Waals surface area contributed by atoms with Gasteiger partial charge in [0.25, 0.3) is 0 Å². The van der Waals surface area contributed by atoms with Crippen LogP contribution in [0.1, 0.15) is 40.0 Å². The van der Waals surface area contributed by atoms with E-state index in [4.69, 9.17) is 4.99 Å². The highest BCUT2D eigenvalue weighted by Gasteiger charge is 2.25. The zero-order valence-electron chi connectivity index (χ0n) is 17.5. The Labute approximate surface area is 168 Å². The SMILES string of the molecule is CCNC(=NCC(CC)(CC)CCO)NCCNc1ccc2ccccc2n1. The van der Waals surface area contributed by atoms with Gasteiger partial charge in [0, 0.05) is 38.2 Å². The molecule has 0 unspecified atom stereocenters. The molecule has 6 heteroatoms. The number of hydrogen-bond acceptors (Lipinski definition) is 4. The van der Waals surface area contributed by atoms with Gasteiger partial charge < -0.3 is 21.1 Å². The van der Waals surface area contributed by atoms with Gasteiger partial charge in [-0.1, -0.05) is 32.0 Å². The first kappa shape index (κ1) is 22.0. The summed E-state index contributed by atoms with van der Waals surface area (Å²) in [5.74, 6) is 1.70. The second-order valence-corrected chi connectivity index (χ2v) is 7.12. The van der Waals surface area contributed by atoms with E-state index in [9.17, 15) is 5.11 Å². The monoisotopic (exact) mass is 385 g/mol. The van der Waals surface area contributed by atoms with Crippen LogP contribution in [-0.4, -0.2) is 48.8 Å². The minimum atomic E-state index is 0.0738. The smallest absolute Gasteiger partial charge is 0.191 e. The molecule has 0 spiro atoms. The van der Waals surface area contributed by atoms with Gasteiger partial charge in [0.05, 0.1) is 5.52 Å². The number of fused-ring (bicyclic) bond motifs is 1. The predicted molar refractivity (Wildman–Crippen MR) is 119 cm³/mol. The lowest BCUT2D eigenvalue weighted by molar-refractivity contribution is 0.175. The zero-order chi connectivity index (χ0) is 20.2. The van der Waals surface area contributed by atoms with Gasteiger partial charge in [-0.25, -0.2) is 4.98 Å². The number of aromatic nitrogens is 1. The number of anilines is 1. The van der Waals surface area contributed by atoms with E-state index in [2.05, 4.69) is 53.8 Å². The van der Waals surface area contributed by atoms with Crippen molar-refractivity contribution in [3.8, 4) is 0 Å². The Kier molecular flexibility index (Phi) is 9.01. The molecule has 1 aromatic carbocycles. The first-order chi connectivity index (χ1) is 13.7. The largest absolute Gasteiger partial charge is 0.396 e. The summed E-state index contributed by atoms with van der Waals surface area (Å²) in [5.41, 5.74) is 1.07. The van der Waals surface area contributed by atoms with Crippen LogP contribution in [0.15, 0.2) is 41.4 Å². The van der Waals surface area contributed by atoms with Crippen LogP contribution in [0.3, 0.4) is 0 Å². The Morgan fingerprint density at radius 2 is 1.82 bits per heavy atom. The van der Waals surface area contributed by atoms with Gasteiger partial charge >= 0.3 is 0 Å². The van der Waals surface area contributed by atoms with E-state index in [1.165, 1.54) is 0 Å². The summed E-state index contributed by atoms with van der Waals surface area (Å²) in [7, 11) is 0. The van der Waals surface area contributed by atoms with Gasteiger partial charge in [0.15, 0.2) is 5.96 Å². The van der Waals surface area contributed by atoms with Gasteiger partial charge in [0.1, 0.15) is 5.82 Å². The fourth-order valence-corrected chi connectivity index (χ4v) is 3.27. The van der Waals surface area contributed by atoms with Crippen molar-refractivity contribution in [1.29, 1.82) is 0 Å². The first-order valence-corrected chi connectivity index (χ1v) is 10.4. The quantitative estimate of drug-likeness (QED) is 0.271. The maximum Gasteiger partial charge on any atom is 0.191 e.